The van der Waals surface area contributed by atoms with Crippen LogP contribution in [-0.2, 0) is 16.0 Å². The zero-order chi connectivity index (χ0) is 16.7. The quantitative estimate of drug-likeness (QED) is 0.791. The number of ether oxygens (including phenoxy) is 1. The van der Waals surface area contributed by atoms with Crippen LogP contribution in [0.15, 0.2) is 24.3 Å². The molecule has 5 nitrogen and oxygen atoms in total. The van der Waals surface area contributed by atoms with Gasteiger partial charge in [0.05, 0.1) is 7.11 Å². The average molecular weight is 319 g/mol. The Labute approximate surface area is 137 Å². The number of methoxy groups -OCH3 is 1. The fourth-order valence-electron chi connectivity index (χ4n) is 3.10. The Morgan fingerprint density at radius 3 is 2.26 bits per heavy atom. The predicted molar refractivity (Wildman–Crippen MR) is 87.5 cm³/mol. The highest BCUT2D eigenvalue weighted by atomic mass is 16.5. The minimum absolute atomic E-state index is 0.190. The summed E-state index contributed by atoms with van der Waals surface area (Å²) < 4.78 is 5.10. The summed E-state index contributed by atoms with van der Waals surface area (Å²) in [4.78, 5) is 23.9. The van der Waals surface area contributed by atoms with Crippen LogP contribution in [0.2, 0.25) is 0 Å². The van der Waals surface area contributed by atoms with Gasteiger partial charge in [-0.1, -0.05) is 37.8 Å². The molecule has 0 radical (unpaired) electrons. The van der Waals surface area contributed by atoms with Crippen molar-refractivity contribution < 1.29 is 19.4 Å². The molecule has 1 amide bonds. The molecule has 0 heterocycles. The molecule has 0 unspecified atom stereocenters. The molecule has 2 N–H and O–H groups in total. The van der Waals surface area contributed by atoms with Gasteiger partial charge in [0.15, 0.2) is 0 Å². The van der Waals surface area contributed by atoms with Crippen molar-refractivity contribution in [1.82, 2.24) is 5.32 Å². The van der Waals surface area contributed by atoms with E-state index in [1.807, 2.05) is 24.3 Å². The van der Waals surface area contributed by atoms with Crippen molar-refractivity contribution in [3.63, 3.8) is 0 Å². The minimum atomic E-state index is -1.08. The molecule has 2 rings (SSSR count). The number of benzene rings is 1. The summed E-state index contributed by atoms with van der Waals surface area (Å²) in [5.41, 5.74) is -0.0424. The van der Waals surface area contributed by atoms with Crippen LogP contribution in [0.1, 0.15) is 50.5 Å². The number of hydrogen-bond donors (Lipinski definition) is 2. The van der Waals surface area contributed by atoms with Crippen molar-refractivity contribution in [2.24, 2.45) is 0 Å². The van der Waals surface area contributed by atoms with E-state index in [-0.39, 0.29) is 5.91 Å². The van der Waals surface area contributed by atoms with E-state index in [2.05, 4.69) is 5.32 Å². The standard InChI is InChI=1S/C18H25NO4/c1-23-15-9-6-14(7-10-15)8-11-16(20)19-18(17(21)22)12-4-2-3-5-13-18/h6-7,9-10H,2-5,8,11-13H2,1H3,(H,19,20)(H,21,22). The molecule has 126 valence electrons. The van der Waals surface area contributed by atoms with Gasteiger partial charge in [0.2, 0.25) is 5.91 Å². The molecular formula is C18H25NO4. The molecule has 1 fully saturated rings. The number of hydrogen-bond acceptors (Lipinski definition) is 3. The molecule has 1 aromatic rings. The van der Waals surface area contributed by atoms with E-state index in [1.165, 1.54) is 0 Å². The summed E-state index contributed by atoms with van der Waals surface area (Å²) in [6.45, 7) is 0. The summed E-state index contributed by atoms with van der Waals surface area (Å²) >= 11 is 0. The third-order valence-corrected chi connectivity index (χ3v) is 4.54. The molecule has 0 aromatic heterocycles. The van der Waals surface area contributed by atoms with Gasteiger partial charge < -0.3 is 15.2 Å². The highest BCUT2D eigenvalue weighted by molar-refractivity contribution is 5.87. The summed E-state index contributed by atoms with van der Waals surface area (Å²) in [5, 5.41) is 12.4. The van der Waals surface area contributed by atoms with Crippen molar-refractivity contribution in [3.8, 4) is 5.75 Å². The highest BCUT2D eigenvalue weighted by Gasteiger charge is 2.39. The SMILES string of the molecule is COc1ccc(CCC(=O)NC2(C(=O)O)CCCCCC2)cc1. The first kappa shape index (κ1) is 17.3. The monoisotopic (exact) mass is 319 g/mol. The maximum absolute atomic E-state index is 12.2. The average Bonchev–Trinajstić information content (AvgIpc) is 2.80. The van der Waals surface area contributed by atoms with Crippen LogP contribution in [0.5, 0.6) is 5.75 Å². The van der Waals surface area contributed by atoms with E-state index in [1.54, 1.807) is 7.11 Å². The Kier molecular flexibility index (Phi) is 6.02. The second-order valence-electron chi connectivity index (χ2n) is 6.20. The number of rotatable bonds is 6. The third kappa shape index (κ3) is 4.71. The lowest BCUT2D eigenvalue weighted by molar-refractivity contribution is -0.148. The van der Waals surface area contributed by atoms with Gasteiger partial charge in [-0.15, -0.1) is 0 Å². The zero-order valence-electron chi connectivity index (χ0n) is 13.6. The maximum Gasteiger partial charge on any atom is 0.329 e. The Morgan fingerprint density at radius 2 is 1.74 bits per heavy atom. The van der Waals surface area contributed by atoms with Crippen LogP contribution in [0.4, 0.5) is 0 Å². The van der Waals surface area contributed by atoms with Gasteiger partial charge in [0.1, 0.15) is 11.3 Å². The van der Waals surface area contributed by atoms with Crippen molar-refractivity contribution >= 4 is 11.9 Å². The van der Waals surface area contributed by atoms with Crippen LogP contribution < -0.4 is 10.1 Å². The number of carboxylic acid groups (broad SMARTS) is 1. The smallest absolute Gasteiger partial charge is 0.329 e. The maximum atomic E-state index is 12.2. The predicted octanol–water partition coefficient (Wildman–Crippen LogP) is 2.92. The Bertz CT molecular complexity index is 530. The molecule has 1 aliphatic carbocycles. The molecule has 5 heteroatoms. The van der Waals surface area contributed by atoms with Gasteiger partial charge in [0.25, 0.3) is 0 Å². The van der Waals surface area contributed by atoms with Gasteiger partial charge in [-0.3, -0.25) is 4.79 Å². The highest BCUT2D eigenvalue weighted by Crippen LogP contribution is 2.27. The van der Waals surface area contributed by atoms with Gasteiger partial charge in [-0.05, 0) is 37.0 Å². The van der Waals surface area contributed by atoms with Crippen LogP contribution in [0.3, 0.4) is 0 Å². The largest absolute Gasteiger partial charge is 0.497 e. The molecular weight excluding hydrogens is 294 g/mol. The normalized spacial score (nSPS) is 17.1. The Hall–Kier alpha value is -2.04. The first-order chi connectivity index (χ1) is 11.1. The van der Waals surface area contributed by atoms with E-state index in [4.69, 9.17) is 4.74 Å². The zero-order valence-corrected chi connectivity index (χ0v) is 13.6. The number of carbonyl (C=O) groups is 2. The fraction of sp³-hybridized carbons (Fsp3) is 0.556. The van der Waals surface area contributed by atoms with Gasteiger partial charge in [-0.25, -0.2) is 4.79 Å². The topological polar surface area (TPSA) is 75.6 Å². The minimum Gasteiger partial charge on any atom is -0.497 e. The molecule has 1 saturated carbocycles. The number of aryl methyl sites for hydroxylation is 1. The summed E-state index contributed by atoms with van der Waals surface area (Å²) in [7, 11) is 1.61. The number of aliphatic carboxylic acids is 1. The lowest BCUT2D eigenvalue weighted by atomic mass is 9.90. The van der Waals surface area contributed by atoms with E-state index in [0.29, 0.717) is 25.7 Å². The second kappa shape index (κ2) is 7.99. The van der Waals surface area contributed by atoms with Crippen LogP contribution >= 0.6 is 0 Å². The molecule has 0 saturated heterocycles. The van der Waals surface area contributed by atoms with Crippen LogP contribution in [0, 0.1) is 0 Å². The first-order valence-electron chi connectivity index (χ1n) is 8.23. The molecule has 0 spiro atoms. The summed E-state index contributed by atoms with van der Waals surface area (Å²) in [6.07, 6.45) is 5.71. The van der Waals surface area contributed by atoms with E-state index < -0.39 is 11.5 Å². The Morgan fingerprint density at radius 1 is 1.13 bits per heavy atom. The van der Waals surface area contributed by atoms with Crippen molar-refractivity contribution in [2.45, 2.75) is 56.9 Å². The Balaban J connectivity index is 1.92. The number of carboxylic acids is 1. The first-order valence-corrected chi connectivity index (χ1v) is 8.23. The van der Waals surface area contributed by atoms with E-state index in [9.17, 15) is 14.7 Å². The molecule has 0 bridgehead atoms. The van der Waals surface area contributed by atoms with Crippen molar-refractivity contribution in [2.75, 3.05) is 7.11 Å². The molecule has 0 aliphatic heterocycles. The van der Waals surface area contributed by atoms with E-state index >= 15 is 0 Å². The molecule has 0 atom stereocenters. The molecule has 1 aliphatic rings. The number of amides is 1. The second-order valence-corrected chi connectivity index (χ2v) is 6.20. The van der Waals surface area contributed by atoms with Gasteiger partial charge >= 0.3 is 5.97 Å². The lowest BCUT2D eigenvalue weighted by Crippen LogP contribution is -2.54. The lowest BCUT2D eigenvalue weighted by Gasteiger charge is -2.29. The van der Waals surface area contributed by atoms with Gasteiger partial charge in [0, 0.05) is 6.42 Å². The third-order valence-electron chi connectivity index (χ3n) is 4.54. The van der Waals surface area contributed by atoms with E-state index in [0.717, 1.165) is 37.0 Å². The van der Waals surface area contributed by atoms with Gasteiger partial charge in [-0.2, -0.15) is 0 Å². The summed E-state index contributed by atoms with van der Waals surface area (Å²) in [5.74, 6) is -0.316. The fourth-order valence-corrected chi connectivity index (χ4v) is 3.10. The van der Waals surface area contributed by atoms with Crippen molar-refractivity contribution in [1.29, 1.82) is 0 Å². The number of nitrogens with one attached hydrogen (secondary N) is 1. The van der Waals surface area contributed by atoms with Crippen LogP contribution in [-0.4, -0.2) is 29.6 Å². The number of carbonyl (C=O) groups excluding carboxylic acids is 1. The summed E-state index contributed by atoms with van der Waals surface area (Å²) in [6, 6.07) is 7.56. The van der Waals surface area contributed by atoms with Crippen LogP contribution in [0.25, 0.3) is 0 Å². The molecule has 1 aromatic carbocycles. The molecule has 23 heavy (non-hydrogen) atoms. The van der Waals surface area contributed by atoms with Crippen molar-refractivity contribution in [3.05, 3.63) is 29.8 Å².